The van der Waals surface area contributed by atoms with Crippen LogP contribution in [0.15, 0.2) is 24.5 Å². The van der Waals surface area contributed by atoms with Gasteiger partial charge in [0.05, 0.1) is 5.69 Å². The highest BCUT2D eigenvalue weighted by Crippen LogP contribution is 2.22. The van der Waals surface area contributed by atoms with E-state index in [0.717, 1.165) is 0 Å². The lowest BCUT2D eigenvalue weighted by Crippen LogP contribution is -2.12. The van der Waals surface area contributed by atoms with Gasteiger partial charge in [-0.25, -0.2) is 14.1 Å². The molecule has 0 amide bonds. The zero-order chi connectivity index (χ0) is 12.4. The fourth-order valence-corrected chi connectivity index (χ4v) is 1.61. The van der Waals surface area contributed by atoms with Crippen LogP contribution in [-0.4, -0.2) is 14.8 Å². The topological polar surface area (TPSA) is 80.5 Å². The quantitative estimate of drug-likeness (QED) is 0.844. The van der Waals surface area contributed by atoms with Gasteiger partial charge < -0.3 is 5.73 Å². The minimum atomic E-state index is -0.471. The number of aromatic nitrogens is 3. The monoisotopic (exact) mass is 231 g/mol. The van der Waals surface area contributed by atoms with Crippen molar-refractivity contribution < 1.29 is 4.39 Å². The predicted molar refractivity (Wildman–Crippen MR) is 58.6 cm³/mol. The molecule has 1 aromatic carbocycles. The molecule has 1 unspecified atom stereocenters. The molecular weight excluding hydrogens is 221 g/mol. The Morgan fingerprint density at radius 1 is 1.53 bits per heavy atom. The number of hydrogen-bond acceptors (Lipinski definition) is 4. The first-order valence-corrected chi connectivity index (χ1v) is 4.99. The summed E-state index contributed by atoms with van der Waals surface area (Å²) in [5.74, 6) is -0.364. The van der Waals surface area contributed by atoms with Gasteiger partial charge in [-0.15, -0.1) is 5.10 Å². The lowest BCUT2D eigenvalue weighted by Gasteiger charge is -2.12. The lowest BCUT2D eigenvalue weighted by atomic mass is 10.1. The third-order valence-electron chi connectivity index (χ3n) is 2.32. The van der Waals surface area contributed by atoms with Gasteiger partial charge in [-0.2, -0.15) is 5.26 Å². The van der Waals surface area contributed by atoms with Crippen molar-refractivity contribution in [2.75, 3.05) is 0 Å². The van der Waals surface area contributed by atoms with Crippen molar-refractivity contribution in [2.24, 2.45) is 5.73 Å². The van der Waals surface area contributed by atoms with Crippen LogP contribution < -0.4 is 5.73 Å². The highest BCUT2D eigenvalue weighted by molar-refractivity contribution is 5.42. The van der Waals surface area contributed by atoms with E-state index in [2.05, 4.69) is 10.1 Å². The molecule has 0 saturated heterocycles. The zero-order valence-electron chi connectivity index (χ0n) is 9.13. The second-order valence-corrected chi connectivity index (χ2v) is 3.59. The van der Waals surface area contributed by atoms with Gasteiger partial charge in [-0.3, -0.25) is 0 Å². The van der Waals surface area contributed by atoms with Crippen LogP contribution in [0.3, 0.4) is 0 Å². The Balaban J connectivity index is 2.59. The molecule has 0 aliphatic carbocycles. The summed E-state index contributed by atoms with van der Waals surface area (Å²) in [7, 11) is 0. The highest BCUT2D eigenvalue weighted by Gasteiger charge is 2.14. The standard InChI is InChI=1S/C11H10FN5/c1-7(14)11-8(12)3-2-4-9(11)17-6-15-10(5-13)16-17/h2-4,6-7H,14H2,1H3. The normalized spacial score (nSPS) is 12.1. The first-order valence-electron chi connectivity index (χ1n) is 4.99. The van der Waals surface area contributed by atoms with Crippen LogP contribution in [0.25, 0.3) is 5.69 Å². The number of benzene rings is 1. The van der Waals surface area contributed by atoms with E-state index in [9.17, 15) is 4.39 Å². The van der Waals surface area contributed by atoms with Gasteiger partial charge in [-0.05, 0) is 19.1 Å². The molecule has 0 aliphatic heterocycles. The van der Waals surface area contributed by atoms with Gasteiger partial charge in [0.25, 0.3) is 5.82 Å². The molecule has 5 nitrogen and oxygen atoms in total. The Morgan fingerprint density at radius 2 is 2.29 bits per heavy atom. The number of rotatable bonds is 2. The largest absolute Gasteiger partial charge is 0.324 e. The fourth-order valence-electron chi connectivity index (χ4n) is 1.61. The summed E-state index contributed by atoms with van der Waals surface area (Å²) in [6.45, 7) is 1.68. The van der Waals surface area contributed by atoms with Crippen LogP contribution >= 0.6 is 0 Å². The van der Waals surface area contributed by atoms with Gasteiger partial charge in [0.15, 0.2) is 0 Å². The maximum atomic E-state index is 13.7. The van der Waals surface area contributed by atoms with Crippen molar-refractivity contribution in [1.29, 1.82) is 5.26 Å². The molecule has 0 saturated carbocycles. The van der Waals surface area contributed by atoms with Crippen molar-refractivity contribution in [1.82, 2.24) is 14.8 Å². The molecule has 1 aromatic heterocycles. The smallest absolute Gasteiger partial charge is 0.252 e. The number of nitrogens with zero attached hydrogens (tertiary/aromatic N) is 4. The Hall–Kier alpha value is -2.26. The Bertz CT molecular complexity index is 582. The summed E-state index contributed by atoms with van der Waals surface area (Å²) in [5, 5.41) is 12.5. The summed E-state index contributed by atoms with van der Waals surface area (Å²) in [6.07, 6.45) is 1.36. The van der Waals surface area contributed by atoms with E-state index < -0.39 is 11.9 Å². The van der Waals surface area contributed by atoms with Gasteiger partial charge >= 0.3 is 0 Å². The van der Waals surface area contributed by atoms with E-state index >= 15 is 0 Å². The van der Waals surface area contributed by atoms with Crippen molar-refractivity contribution in [2.45, 2.75) is 13.0 Å². The summed E-state index contributed by atoms with van der Waals surface area (Å²) in [4.78, 5) is 3.77. The van der Waals surface area contributed by atoms with E-state index in [-0.39, 0.29) is 5.82 Å². The zero-order valence-corrected chi connectivity index (χ0v) is 9.13. The Labute approximate surface area is 97.3 Å². The molecule has 17 heavy (non-hydrogen) atoms. The second-order valence-electron chi connectivity index (χ2n) is 3.59. The summed E-state index contributed by atoms with van der Waals surface area (Å²) >= 11 is 0. The van der Waals surface area contributed by atoms with Crippen LogP contribution in [0.5, 0.6) is 0 Å². The van der Waals surface area contributed by atoms with Crippen LogP contribution in [0.1, 0.15) is 24.4 Å². The summed E-state index contributed by atoms with van der Waals surface area (Å²) in [6, 6.07) is 5.92. The van der Waals surface area contributed by atoms with E-state index in [1.54, 1.807) is 19.1 Å². The van der Waals surface area contributed by atoms with Crippen molar-refractivity contribution in [3.63, 3.8) is 0 Å². The first kappa shape index (κ1) is 11.2. The molecule has 2 rings (SSSR count). The number of nitriles is 1. The van der Waals surface area contributed by atoms with E-state index in [1.165, 1.54) is 17.1 Å². The number of halogens is 1. The minimum Gasteiger partial charge on any atom is -0.324 e. The van der Waals surface area contributed by atoms with Crippen LogP contribution in [-0.2, 0) is 0 Å². The van der Waals surface area contributed by atoms with Crippen LogP contribution in [0, 0.1) is 17.1 Å². The molecule has 1 heterocycles. The molecule has 6 heteroatoms. The molecule has 0 fully saturated rings. The molecule has 0 spiro atoms. The maximum Gasteiger partial charge on any atom is 0.252 e. The maximum absolute atomic E-state index is 13.7. The third-order valence-corrected chi connectivity index (χ3v) is 2.32. The minimum absolute atomic E-state index is 0.0323. The summed E-state index contributed by atoms with van der Waals surface area (Å²) in [5.41, 5.74) is 6.57. The average Bonchev–Trinajstić information content (AvgIpc) is 2.76. The molecule has 0 radical (unpaired) electrons. The second kappa shape index (κ2) is 4.31. The highest BCUT2D eigenvalue weighted by atomic mass is 19.1. The lowest BCUT2D eigenvalue weighted by molar-refractivity contribution is 0.589. The van der Waals surface area contributed by atoms with Gasteiger partial charge in [0.1, 0.15) is 18.2 Å². The van der Waals surface area contributed by atoms with Crippen LogP contribution in [0.2, 0.25) is 0 Å². The molecule has 86 valence electrons. The van der Waals surface area contributed by atoms with Crippen molar-refractivity contribution in [3.05, 3.63) is 41.7 Å². The third kappa shape index (κ3) is 2.00. The van der Waals surface area contributed by atoms with Crippen molar-refractivity contribution in [3.8, 4) is 11.8 Å². The molecule has 0 bridgehead atoms. The number of hydrogen-bond donors (Lipinski definition) is 1. The molecule has 2 aromatic rings. The van der Waals surface area contributed by atoms with E-state index in [4.69, 9.17) is 11.0 Å². The van der Waals surface area contributed by atoms with Gasteiger partial charge in [0.2, 0.25) is 0 Å². The first-order chi connectivity index (χ1) is 8.13. The fraction of sp³-hybridized carbons (Fsp3) is 0.182. The molecule has 0 aliphatic rings. The summed E-state index contributed by atoms with van der Waals surface area (Å²) < 4.78 is 15.0. The van der Waals surface area contributed by atoms with Crippen LogP contribution in [0.4, 0.5) is 4.39 Å². The molecule has 2 N–H and O–H groups in total. The molecule has 1 atom stereocenters. The average molecular weight is 231 g/mol. The Morgan fingerprint density at radius 3 is 2.88 bits per heavy atom. The molecular formula is C11H10FN5. The Kier molecular flexibility index (Phi) is 2.85. The number of nitrogens with two attached hydrogens (primary N) is 1. The van der Waals surface area contributed by atoms with Gasteiger partial charge in [0, 0.05) is 11.6 Å². The van der Waals surface area contributed by atoms with E-state index in [0.29, 0.717) is 11.3 Å². The SMILES string of the molecule is CC(N)c1c(F)cccc1-n1cnc(C#N)n1. The predicted octanol–water partition coefficient (Wildman–Crippen LogP) is 1.30. The van der Waals surface area contributed by atoms with Crippen molar-refractivity contribution >= 4 is 0 Å². The van der Waals surface area contributed by atoms with Gasteiger partial charge in [-0.1, -0.05) is 6.07 Å². The van der Waals surface area contributed by atoms with E-state index in [1.807, 2.05) is 6.07 Å².